The molecule has 0 aliphatic carbocycles. The van der Waals surface area contributed by atoms with Gasteiger partial charge in [-0.2, -0.15) is 5.10 Å². The minimum Gasteiger partial charge on any atom is -0.382 e. The molecular formula is C11H18N4. The van der Waals surface area contributed by atoms with Crippen molar-refractivity contribution in [1.29, 1.82) is 0 Å². The Kier molecular flexibility index (Phi) is 2.86. The number of anilines is 1. The van der Waals surface area contributed by atoms with Crippen molar-refractivity contribution in [3.8, 4) is 0 Å². The van der Waals surface area contributed by atoms with Crippen molar-refractivity contribution >= 4 is 5.82 Å². The van der Waals surface area contributed by atoms with E-state index in [-0.39, 0.29) is 0 Å². The SMILES string of the molecule is Cc1cc(N)nnc1C1CCNC(C)C1. The number of nitrogens with one attached hydrogen (secondary N) is 1. The summed E-state index contributed by atoms with van der Waals surface area (Å²) in [5, 5.41) is 11.6. The number of nitrogen functional groups attached to an aromatic ring is 1. The fourth-order valence-corrected chi connectivity index (χ4v) is 2.30. The first-order valence-corrected chi connectivity index (χ1v) is 5.50. The number of aryl methyl sites for hydroxylation is 1. The van der Waals surface area contributed by atoms with Gasteiger partial charge in [-0.3, -0.25) is 0 Å². The Bertz CT molecular complexity index is 350. The zero-order valence-corrected chi connectivity index (χ0v) is 9.33. The number of nitrogens with zero attached hydrogens (tertiary/aromatic N) is 2. The number of nitrogens with two attached hydrogens (primary N) is 1. The lowest BCUT2D eigenvalue weighted by Crippen LogP contribution is -2.35. The van der Waals surface area contributed by atoms with E-state index in [2.05, 4.69) is 29.4 Å². The maximum atomic E-state index is 5.60. The van der Waals surface area contributed by atoms with Crippen molar-refractivity contribution in [2.75, 3.05) is 12.3 Å². The Hall–Kier alpha value is -1.16. The van der Waals surface area contributed by atoms with E-state index in [0.29, 0.717) is 17.8 Å². The first-order valence-electron chi connectivity index (χ1n) is 5.50. The molecule has 0 amide bonds. The molecule has 0 radical (unpaired) electrons. The van der Waals surface area contributed by atoms with Gasteiger partial charge in [0.25, 0.3) is 0 Å². The minimum absolute atomic E-state index is 0.512. The molecule has 1 aromatic heterocycles. The van der Waals surface area contributed by atoms with Gasteiger partial charge in [0.05, 0.1) is 5.69 Å². The quantitative estimate of drug-likeness (QED) is 0.725. The second-order valence-corrected chi connectivity index (χ2v) is 4.41. The molecule has 2 unspecified atom stereocenters. The van der Waals surface area contributed by atoms with Crippen LogP contribution in [0, 0.1) is 6.92 Å². The third kappa shape index (κ3) is 2.26. The molecule has 15 heavy (non-hydrogen) atoms. The molecule has 2 atom stereocenters. The number of hydrogen-bond donors (Lipinski definition) is 2. The molecule has 0 saturated carbocycles. The van der Waals surface area contributed by atoms with Gasteiger partial charge < -0.3 is 11.1 Å². The van der Waals surface area contributed by atoms with E-state index in [1.165, 1.54) is 5.56 Å². The van der Waals surface area contributed by atoms with E-state index in [1.807, 2.05) is 6.07 Å². The van der Waals surface area contributed by atoms with Crippen molar-refractivity contribution in [3.05, 3.63) is 17.3 Å². The van der Waals surface area contributed by atoms with Crippen LogP contribution in [-0.2, 0) is 0 Å². The smallest absolute Gasteiger partial charge is 0.146 e. The van der Waals surface area contributed by atoms with Gasteiger partial charge in [-0.1, -0.05) is 0 Å². The third-order valence-electron chi connectivity index (χ3n) is 3.05. The van der Waals surface area contributed by atoms with Crippen LogP contribution in [0.15, 0.2) is 6.07 Å². The molecule has 2 rings (SSSR count). The molecule has 3 N–H and O–H groups in total. The van der Waals surface area contributed by atoms with E-state index in [1.54, 1.807) is 0 Å². The summed E-state index contributed by atoms with van der Waals surface area (Å²) in [6, 6.07) is 2.48. The van der Waals surface area contributed by atoms with E-state index < -0.39 is 0 Å². The van der Waals surface area contributed by atoms with Crippen LogP contribution >= 0.6 is 0 Å². The minimum atomic E-state index is 0.512. The third-order valence-corrected chi connectivity index (χ3v) is 3.05. The predicted octanol–water partition coefficient (Wildman–Crippen LogP) is 1.22. The fraction of sp³-hybridized carbons (Fsp3) is 0.636. The summed E-state index contributed by atoms with van der Waals surface area (Å²) in [6.07, 6.45) is 2.28. The highest BCUT2D eigenvalue weighted by molar-refractivity contribution is 5.33. The van der Waals surface area contributed by atoms with E-state index in [9.17, 15) is 0 Å². The van der Waals surface area contributed by atoms with Crippen molar-refractivity contribution in [2.45, 2.75) is 38.6 Å². The van der Waals surface area contributed by atoms with Crippen LogP contribution in [0.4, 0.5) is 5.82 Å². The van der Waals surface area contributed by atoms with Gasteiger partial charge in [-0.05, 0) is 44.9 Å². The lowest BCUT2D eigenvalue weighted by Gasteiger charge is -2.28. The predicted molar refractivity (Wildman–Crippen MR) is 60.6 cm³/mol. The molecule has 1 saturated heterocycles. The zero-order chi connectivity index (χ0) is 10.8. The van der Waals surface area contributed by atoms with Crippen LogP contribution in [0.3, 0.4) is 0 Å². The lowest BCUT2D eigenvalue weighted by molar-refractivity contribution is 0.374. The van der Waals surface area contributed by atoms with Crippen molar-refractivity contribution in [3.63, 3.8) is 0 Å². The van der Waals surface area contributed by atoms with Gasteiger partial charge in [0.2, 0.25) is 0 Å². The molecule has 2 heterocycles. The Morgan fingerprint density at radius 3 is 2.93 bits per heavy atom. The Balaban J connectivity index is 2.21. The molecular weight excluding hydrogens is 188 g/mol. The van der Waals surface area contributed by atoms with Crippen molar-refractivity contribution in [2.24, 2.45) is 0 Å². The summed E-state index contributed by atoms with van der Waals surface area (Å²) in [7, 11) is 0. The number of rotatable bonds is 1. The number of hydrogen-bond acceptors (Lipinski definition) is 4. The van der Waals surface area contributed by atoms with Crippen LogP contribution in [0.5, 0.6) is 0 Å². The van der Waals surface area contributed by atoms with Crippen molar-refractivity contribution < 1.29 is 0 Å². The fourth-order valence-electron chi connectivity index (χ4n) is 2.30. The summed E-state index contributed by atoms with van der Waals surface area (Å²) < 4.78 is 0. The molecule has 1 aromatic rings. The zero-order valence-electron chi connectivity index (χ0n) is 9.33. The highest BCUT2D eigenvalue weighted by atomic mass is 15.1. The average Bonchev–Trinajstić information content (AvgIpc) is 2.17. The first-order chi connectivity index (χ1) is 7.16. The average molecular weight is 206 g/mol. The lowest BCUT2D eigenvalue weighted by atomic mass is 9.88. The van der Waals surface area contributed by atoms with Crippen LogP contribution in [-0.4, -0.2) is 22.8 Å². The van der Waals surface area contributed by atoms with Crippen LogP contribution < -0.4 is 11.1 Å². The van der Waals surface area contributed by atoms with E-state index >= 15 is 0 Å². The number of aromatic nitrogens is 2. The molecule has 1 aliphatic rings. The maximum Gasteiger partial charge on any atom is 0.146 e. The summed E-state index contributed by atoms with van der Waals surface area (Å²) >= 11 is 0. The molecule has 4 heteroatoms. The van der Waals surface area contributed by atoms with Crippen LogP contribution in [0.1, 0.15) is 36.9 Å². The summed E-state index contributed by atoms with van der Waals surface area (Å²) in [6.45, 7) is 5.34. The molecule has 1 fully saturated rings. The second kappa shape index (κ2) is 4.14. The molecule has 4 nitrogen and oxygen atoms in total. The molecule has 1 aliphatic heterocycles. The molecule has 0 aromatic carbocycles. The highest BCUT2D eigenvalue weighted by Crippen LogP contribution is 2.28. The van der Waals surface area contributed by atoms with Gasteiger partial charge in [-0.15, -0.1) is 5.10 Å². The normalized spacial score (nSPS) is 26.5. The van der Waals surface area contributed by atoms with Gasteiger partial charge in [0.15, 0.2) is 0 Å². The number of piperidine rings is 1. The first kappa shape index (κ1) is 10.4. The van der Waals surface area contributed by atoms with Crippen LogP contribution in [0.2, 0.25) is 0 Å². The standard InChI is InChI=1S/C11H18N4/c1-7-5-10(12)14-15-11(7)9-3-4-13-8(2)6-9/h5,8-9,13H,3-4,6H2,1-2H3,(H2,12,14). The van der Waals surface area contributed by atoms with Crippen molar-refractivity contribution in [1.82, 2.24) is 15.5 Å². The summed E-state index contributed by atoms with van der Waals surface area (Å²) in [5.74, 6) is 1.05. The maximum absolute atomic E-state index is 5.60. The summed E-state index contributed by atoms with van der Waals surface area (Å²) in [4.78, 5) is 0. The van der Waals surface area contributed by atoms with Gasteiger partial charge >= 0.3 is 0 Å². The largest absolute Gasteiger partial charge is 0.382 e. The Morgan fingerprint density at radius 1 is 1.47 bits per heavy atom. The monoisotopic (exact) mass is 206 g/mol. The molecule has 82 valence electrons. The van der Waals surface area contributed by atoms with E-state index in [4.69, 9.17) is 5.73 Å². The summed E-state index contributed by atoms with van der Waals surface area (Å²) in [5.41, 5.74) is 7.89. The highest BCUT2D eigenvalue weighted by Gasteiger charge is 2.22. The van der Waals surface area contributed by atoms with Gasteiger partial charge in [0.1, 0.15) is 5.82 Å². The second-order valence-electron chi connectivity index (χ2n) is 4.41. The van der Waals surface area contributed by atoms with Gasteiger partial charge in [-0.25, -0.2) is 0 Å². The van der Waals surface area contributed by atoms with E-state index in [0.717, 1.165) is 25.1 Å². The van der Waals surface area contributed by atoms with Gasteiger partial charge in [0, 0.05) is 12.0 Å². The molecule has 0 bridgehead atoms. The Morgan fingerprint density at radius 2 is 2.27 bits per heavy atom. The topological polar surface area (TPSA) is 63.8 Å². The molecule has 0 spiro atoms. The Labute approximate surface area is 90.3 Å². The van der Waals surface area contributed by atoms with Crippen LogP contribution in [0.25, 0.3) is 0 Å².